The molecule has 3 N–H and O–H groups in total. The van der Waals surface area contributed by atoms with Crippen molar-refractivity contribution in [2.75, 3.05) is 0 Å². The largest absolute Gasteiger partial charge is 0.480 e. The fourth-order valence-electron chi connectivity index (χ4n) is 0.969. The number of carboxylic acid groups (broad SMARTS) is 1. The number of carboxylic acids is 1. The summed E-state index contributed by atoms with van der Waals surface area (Å²) in [6, 6.07) is -0.919. The van der Waals surface area contributed by atoms with Gasteiger partial charge in [-0.25, -0.2) is 0 Å². The Labute approximate surface area is 82.2 Å². The highest BCUT2D eigenvalue weighted by atomic mass is 16.6. The predicted molar refractivity (Wildman–Crippen MR) is 50.5 cm³/mol. The van der Waals surface area contributed by atoms with Gasteiger partial charge in [0.2, 0.25) is 5.54 Å². The van der Waals surface area contributed by atoms with Gasteiger partial charge in [-0.15, -0.1) is 0 Å². The van der Waals surface area contributed by atoms with Crippen LogP contribution in [0.15, 0.2) is 0 Å². The Morgan fingerprint density at radius 3 is 2.50 bits per heavy atom. The van der Waals surface area contributed by atoms with Crippen molar-refractivity contribution in [1.82, 2.24) is 0 Å². The summed E-state index contributed by atoms with van der Waals surface area (Å²) in [6.07, 6.45) is 1.05. The topological polar surface area (TPSA) is 106 Å². The third kappa shape index (κ3) is 4.18. The Morgan fingerprint density at radius 2 is 2.14 bits per heavy atom. The molecule has 0 fully saturated rings. The van der Waals surface area contributed by atoms with Gasteiger partial charge in [-0.2, -0.15) is 0 Å². The number of nitrogens with two attached hydrogens (primary N) is 1. The van der Waals surface area contributed by atoms with Gasteiger partial charge in [-0.1, -0.05) is 0 Å². The van der Waals surface area contributed by atoms with E-state index in [0.29, 0.717) is 12.8 Å². The van der Waals surface area contributed by atoms with E-state index < -0.39 is 17.6 Å². The quantitative estimate of drug-likeness (QED) is 0.487. The first kappa shape index (κ1) is 12.8. The first-order chi connectivity index (χ1) is 6.27. The highest BCUT2D eigenvalue weighted by molar-refractivity contribution is 5.72. The molecule has 0 radical (unpaired) electrons. The molecule has 1 atom stereocenters. The number of nitro groups is 1. The summed E-state index contributed by atoms with van der Waals surface area (Å²) >= 11 is 0. The van der Waals surface area contributed by atoms with Crippen molar-refractivity contribution >= 4 is 5.97 Å². The number of nitrogens with zero attached hydrogens (tertiary/aromatic N) is 1. The molecular weight excluding hydrogens is 188 g/mol. The smallest absolute Gasteiger partial charge is 0.320 e. The lowest BCUT2D eigenvalue weighted by Crippen LogP contribution is -2.33. The fraction of sp³-hybridized carbons (Fsp3) is 0.875. The second kappa shape index (κ2) is 4.90. The number of hydrogen-bond donors (Lipinski definition) is 2. The van der Waals surface area contributed by atoms with Crippen LogP contribution in [0, 0.1) is 10.1 Å². The molecule has 0 aliphatic carbocycles. The van der Waals surface area contributed by atoms with Gasteiger partial charge in [0, 0.05) is 25.2 Å². The highest BCUT2D eigenvalue weighted by Crippen LogP contribution is 2.17. The summed E-state index contributed by atoms with van der Waals surface area (Å²) in [5, 5.41) is 19.0. The molecule has 6 nitrogen and oxygen atoms in total. The van der Waals surface area contributed by atoms with E-state index in [0.717, 1.165) is 0 Å². The van der Waals surface area contributed by atoms with E-state index in [4.69, 9.17) is 10.8 Å². The Morgan fingerprint density at radius 1 is 1.64 bits per heavy atom. The van der Waals surface area contributed by atoms with E-state index in [1.165, 1.54) is 13.8 Å². The number of carbonyl (C=O) groups is 1. The second-order valence-electron chi connectivity index (χ2n) is 3.91. The average molecular weight is 204 g/mol. The molecule has 0 spiro atoms. The number of rotatable bonds is 6. The van der Waals surface area contributed by atoms with Crippen molar-refractivity contribution < 1.29 is 14.8 Å². The molecule has 0 bridgehead atoms. The van der Waals surface area contributed by atoms with Crippen molar-refractivity contribution in [3.05, 3.63) is 10.1 Å². The first-order valence-electron chi connectivity index (χ1n) is 4.40. The molecule has 0 aromatic rings. The first-order valence-corrected chi connectivity index (χ1v) is 4.40. The van der Waals surface area contributed by atoms with Crippen LogP contribution in [0.2, 0.25) is 0 Å². The van der Waals surface area contributed by atoms with Gasteiger partial charge in [0.05, 0.1) is 0 Å². The SMILES string of the molecule is CC(C)(CCC[C@H](N)C(=O)O)[N+](=O)[O-]. The lowest BCUT2D eigenvalue weighted by molar-refractivity contribution is -0.561. The predicted octanol–water partition coefficient (Wildman–Crippen LogP) is 0.624. The zero-order valence-corrected chi connectivity index (χ0v) is 8.40. The molecule has 0 amide bonds. The fourth-order valence-corrected chi connectivity index (χ4v) is 0.969. The van der Waals surface area contributed by atoms with Crippen LogP contribution >= 0.6 is 0 Å². The van der Waals surface area contributed by atoms with E-state index >= 15 is 0 Å². The summed E-state index contributed by atoms with van der Waals surface area (Å²) in [5.41, 5.74) is 4.25. The Balaban J connectivity index is 3.85. The summed E-state index contributed by atoms with van der Waals surface area (Å²) in [6.45, 7) is 3.03. The maximum Gasteiger partial charge on any atom is 0.320 e. The number of hydrogen-bond acceptors (Lipinski definition) is 4. The molecule has 0 unspecified atom stereocenters. The summed E-state index contributed by atoms with van der Waals surface area (Å²) in [4.78, 5) is 20.5. The van der Waals surface area contributed by atoms with Crippen LogP contribution in [-0.4, -0.2) is 27.6 Å². The molecule has 0 aliphatic rings. The molecule has 0 saturated heterocycles. The van der Waals surface area contributed by atoms with Crippen LogP contribution in [0.4, 0.5) is 0 Å². The Bertz CT molecular complexity index is 227. The molecular formula is C8H16N2O4. The molecule has 14 heavy (non-hydrogen) atoms. The number of aliphatic carboxylic acids is 1. The third-order valence-corrected chi connectivity index (χ3v) is 2.12. The molecule has 0 aromatic heterocycles. The molecule has 0 rings (SSSR count). The third-order valence-electron chi connectivity index (χ3n) is 2.12. The van der Waals surface area contributed by atoms with Gasteiger partial charge >= 0.3 is 5.97 Å². The molecule has 0 aromatic carbocycles. The van der Waals surface area contributed by atoms with Crippen molar-refractivity contribution in [3.8, 4) is 0 Å². The minimum Gasteiger partial charge on any atom is -0.480 e. The monoisotopic (exact) mass is 204 g/mol. The molecule has 0 heterocycles. The lowest BCUT2D eigenvalue weighted by Gasteiger charge is -2.15. The Kier molecular flexibility index (Phi) is 4.49. The van der Waals surface area contributed by atoms with E-state index in [2.05, 4.69) is 0 Å². The van der Waals surface area contributed by atoms with Crippen molar-refractivity contribution in [2.24, 2.45) is 5.73 Å². The van der Waals surface area contributed by atoms with Crippen molar-refractivity contribution in [1.29, 1.82) is 0 Å². The maximum atomic E-state index is 10.5. The van der Waals surface area contributed by atoms with Crippen molar-refractivity contribution in [2.45, 2.75) is 44.7 Å². The van der Waals surface area contributed by atoms with Gasteiger partial charge in [0.15, 0.2) is 0 Å². The summed E-state index contributed by atoms with van der Waals surface area (Å²) in [5.74, 6) is -1.07. The van der Waals surface area contributed by atoms with Gasteiger partial charge in [-0.05, 0) is 12.8 Å². The molecule has 0 saturated carbocycles. The Hall–Kier alpha value is -1.17. The maximum absolute atomic E-state index is 10.5. The zero-order valence-electron chi connectivity index (χ0n) is 8.40. The average Bonchev–Trinajstić information content (AvgIpc) is 2.03. The lowest BCUT2D eigenvalue weighted by atomic mass is 9.97. The summed E-state index contributed by atoms with van der Waals surface area (Å²) in [7, 11) is 0. The second-order valence-corrected chi connectivity index (χ2v) is 3.91. The highest BCUT2D eigenvalue weighted by Gasteiger charge is 2.30. The van der Waals surface area contributed by atoms with Crippen LogP contribution in [0.5, 0.6) is 0 Å². The minimum absolute atomic E-state index is 0.270. The van der Waals surface area contributed by atoms with Crippen LogP contribution < -0.4 is 5.73 Å². The van der Waals surface area contributed by atoms with E-state index in [1.807, 2.05) is 0 Å². The van der Waals surface area contributed by atoms with Crippen LogP contribution in [0.25, 0.3) is 0 Å². The normalized spacial score (nSPS) is 13.6. The van der Waals surface area contributed by atoms with Crippen molar-refractivity contribution in [3.63, 3.8) is 0 Å². The molecule has 6 heteroatoms. The van der Waals surface area contributed by atoms with Crippen LogP contribution in [-0.2, 0) is 4.79 Å². The van der Waals surface area contributed by atoms with E-state index in [9.17, 15) is 14.9 Å². The minimum atomic E-state index is -1.07. The molecule has 82 valence electrons. The zero-order chi connectivity index (χ0) is 11.4. The van der Waals surface area contributed by atoms with E-state index in [-0.39, 0.29) is 11.3 Å². The standard InChI is InChI=1S/C8H16N2O4/c1-8(2,10(13)14)5-3-4-6(9)7(11)12/h6H,3-5,9H2,1-2H3,(H,11,12)/t6-/m0/s1. The van der Waals surface area contributed by atoms with Gasteiger partial charge in [0.1, 0.15) is 6.04 Å². The van der Waals surface area contributed by atoms with Crippen LogP contribution in [0.3, 0.4) is 0 Å². The molecule has 0 aliphatic heterocycles. The van der Waals surface area contributed by atoms with Crippen LogP contribution in [0.1, 0.15) is 33.1 Å². The van der Waals surface area contributed by atoms with Gasteiger partial charge in [-0.3, -0.25) is 14.9 Å². The summed E-state index contributed by atoms with van der Waals surface area (Å²) < 4.78 is 0. The van der Waals surface area contributed by atoms with Gasteiger partial charge < -0.3 is 10.8 Å². The van der Waals surface area contributed by atoms with E-state index in [1.54, 1.807) is 0 Å². The van der Waals surface area contributed by atoms with Gasteiger partial charge in [0.25, 0.3) is 0 Å².